The highest BCUT2D eigenvalue weighted by molar-refractivity contribution is 5.79. The predicted octanol–water partition coefficient (Wildman–Crippen LogP) is 6.04. The minimum absolute atomic E-state index is 0.342. The second kappa shape index (κ2) is 6.22. The average molecular weight is 354 g/mol. The fourth-order valence-corrected chi connectivity index (χ4v) is 2.62. The van der Waals surface area contributed by atoms with Gasteiger partial charge in [0.15, 0.2) is 0 Å². The van der Waals surface area contributed by atoms with Crippen LogP contribution in [-0.4, -0.2) is 9.97 Å². The third-order valence-corrected chi connectivity index (χ3v) is 3.93. The van der Waals surface area contributed by atoms with Gasteiger partial charge in [-0.15, -0.1) is 0 Å². The number of hydrogen-bond acceptors (Lipinski definition) is 2. The van der Waals surface area contributed by atoms with E-state index in [2.05, 4.69) is 9.97 Å². The van der Waals surface area contributed by atoms with Crippen LogP contribution < -0.4 is 4.74 Å². The van der Waals surface area contributed by atoms with E-state index in [1.165, 1.54) is 12.1 Å². The first-order chi connectivity index (χ1) is 12.5. The molecule has 3 nitrogen and oxygen atoms in total. The number of aromatic nitrogens is 2. The average Bonchev–Trinajstić information content (AvgIpc) is 3.06. The van der Waals surface area contributed by atoms with Gasteiger partial charge in [-0.25, -0.2) is 4.98 Å². The van der Waals surface area contributed by atoms with Gasteiger partial charge in [-0.3, -0.25) is 0 Å². The Morgan fingerprint density at radius 2 is 1.38 bits per heavy atom. The molecule has 0 atom stereocenters. The van der Waals surface area contributed by atoms with Crippen LogP contribution in [0.4, 0.5) is 13.2 Å². The molecule has 0 fully saturated rings. The molecular formula is C20H13F3N2O. The first kappa shape index (κ1) is 16.2. The van der Waals surface area contributed by atoms with Crippen molar-refractivity contribution in [1.29, 1.82) is 0 Å². The predicted molar refractivity (Wildman–Crippen MR) is 93.0 cm³/mol. The smallest absolute Gasteiger partial charge is 0.416 e. The number of para-hydroxylation sites is 2. The third kappa shape index (κ3) is 3.26. The number of halogens is 3. The lowest BCUT2D eigenvalue weighted by Gasteiger charge is -2.09. The first-order valence-corrected chi connectivity index (χ1v) is 7.89. The minimum atomic E-state index is -4.35. The Morgan fingerprint density at radius 1 is 0.769 bits per heavy atom. The number of fused-ring (bicyclic) bond motifs is 1. The second-order valence-corrected chi connectivity index (χ2v) is 5.75. The molecule has 0 aliphatic heterocycles. The maximum atomic E-state index is 12.6. The number of aromatic amines is 1. The highest BCUT2D eigenvalue weighted by Crippen LogP contribution is 2.31. The van der Waals surface area contributed by atoms with E-state index >= 15 is 0 Å². The zero-order valence-corrected chi connectivity index (χ0v) is 13.4. The summed E-state index contributed by atoms with van der Waals surface area (Å²) in [7, 11) is 0. The number of hydrogen-bond donors (Lipinski definition) is 1. The van der Waals surface area contributed by atoms with E-state index in [9.17, 15) is 13.2 Å². The summed E-state index contributed by atoms with van der Waals surface area (Å²) in [5, 5.41) is 0. The van der Waals surface area contributed by atoms with Crippen molar-refractivity contribution < 1.29 is 17.9 Å². The molecule has 0 radical (unpaired) electrons. The number of nitrogens with zero attached hydrogens (tertiary/aromatic N) is 1. The Kier molecular flexibility index (Phi) is 3.88. The molecule has 0 amide bonds. The number of H-pyrrole nitrogens is 1. The van der Waals surface area contributed by atoms with Gasteiger partial charge >= 0.3 is 6.18 Å². The largest absolute Gasteiger partial charge is 0.457 e. The summed E-state index contributed by atoms with van der Waals surface area (Å²) < 4.78 is 43.3. The number of ether oxygens (including phenoxy) is 1. The van der Waals surface area contributed by atoms with Gasteiger partial charge < -0.3 is 9.72 Å². The van der Waals surface area contributed by atoms with Crippen LogP contribution in [0.3, 0.4) is 0 Å². The van der Waals surface area contributed by atoms with E-state index < -0.39 is 11.7 Å². The molecule has 0 aliphatic rings. The lowest BCUT2D eigenvalue weighted by Crippen LogP contribution is -2.03. The lowest BCUT2D eigenvalue weighted by atomic mass is 10.2. The Morgan fingerprint density at radius 3 is 2.00 bits per heavy atom. The summed E-state index contributed by atoms with van der Waals surface area (Å²) in [5.41, 5.74) is 2.02. The van der Waals surface area contributed by atoms with E-state index in [4.69, 9.17) is 4.74 Å². The number of rotatable bonds is 3. The zero-order chi connectivity index (χ0) is 18.1. The van der Waals surface area contributed by atoms with E-state index in [1.54, 1.807) is 12.1 Å². The van der Waals surface area contributed by atoms with Crippen LogP contribution in [0.25, 0.3) is 22.4 Å². The SMILES string of the molecule is FC(F)(F)c1ccc(Oc2ccc(-c3nc4ccccc4[nH]3)cc2)cc1. The molecule has 1 N–H and O–H groups in total. The molecular weight excluding hydrogens is 341 g/mol. The van der Waals surface area contributed by atoms with Gasteiger partial charge in [-0.05, 0) is 60.7 Å². The van der Waals surface area contributed by atoms with E-state index in [1.807, 2.05) is 36.4 Å². The maximum absolute atomic E-state index is 12.6. The molecule has 0 bridgehead atoms. The van der Waals surface area contributed by atoms with Gasteiger partial charge in [0.25, 0.3) is 0 Å². The summed E-state index contributed by atoms with van der Waals surface area (Å²) >= 11 is 0. The molecule has 4 aromatic rings. The summed E-state index contributed by atoms with van der Waals surface area (Å²) in [6.07, 6.45) is -4.35. The molecule has 130 valence electrons. The summed E-state index contributed by atoms with van der Waals surface area (Å²) in [6.45, 7) is 0. The fourth-order valence-electron chi connectivity index (χ4n) is 2.62. The molecule has 0 spiro atoms. The molecule has 0 aliphatic carbocycles. The van der Waals surface area contributed by atoms with Crippen molar-refractivity contribution >= 4 is 11.0 Å². The van der Waals surface area contributed by atoms with Gasteiger partial charge in [-0.1, -0.05) is 12.1 Å². The molecule has 1 heterocycles. The number of imidazole rings is 1. The quantitative estimate of drug-likeness (QED) is 0.487. The third-order valence-electron chi connectivity index (χ3n) is 3.93. The van der Waals surface area contributed by atoms with Gasteiger partial charge in [-0.2, -0.15) is 13.2 Å². The van der Waals surface area contributed by atoms with E-state index in [0.717, 1.165) is 34.6 Å². The molecule has 6 heteroatoms. The summed E-state index contributed by atoms with van der Waals surface area (Å²) in [6, 6.07) is 19.5. The van der Waals surface area contributed by atoms with Crippen molar-refractivity contribution in [3.8, 4) is 22.9 Å². The van der Waals surface area contributed by atoms with Gasteiger partial charge in [0.05, 0.1) is 16.6 Å². The Balaban J connectivity index is 1.52. The molecule has 0 saturated carbocycles. The van der Waals surface area contributed by atoms with Gasteiger partial charge in [0, 0.05) is 5.56 Å². The van der Waals surface area contributed by atoms with Crippen LogP contribution in [-0.2, 0) is 6.18 Å². The topological polar surface area (TPSA) is 37.9 Å². The molecule has 3 aromatic carbocycles. The van der Waals surface area contributed by atoms with Crippen molar-refractivity contribution in [3.05, 3.63) is 78.4 Å². The van der Waals surface area contributed by atoms with Crippen molar-refractivity contribution in [2.24, 2.45) is 0 Å². The fraction of sp³-hybridized carbons (Fsp3) is 0.0500. The van der Waals surface area contributed by atoms with Crippen LogP contribution in [0.5, 0.6) is 11.5 Å². The summed E-state index contributed by atoms with van der Waals surface area (Å²) in [5.74, 6) is 1.62. The standard InChI is InChI=1S/C20H13F3N2O/c21-20(22,23)14-7-11-16(12-8-14)26-15-9-5-13(6-10-15)19-24-17-3-1-2-4-18(17)25-19/h1-12H,(H,24,25). The van der Waals surface area contributed by atoms with Crippen molar-refractivity contribution in [2.75, 3.05) is 0 Å². The highest BCUT2D eigenvalue weighted by Gasteiger charge is 2.30. The van der Waals surface area contributed by atoms with Crippen molar-refractivity contribution in [3.63, 3.8) is 0 Å². The number of nitrogens with one attached hydrogen (secondary N) is 1. The van der Waals surface area contributed by atoms with Crippen LogP contribution in [0.15, 0.2) is 72.8 Å². The lowest BCUT2D eigenvalue weighted by molar-refractivity contribution is -0.137. The Hall–Kier alpha value is -3.28. The highest BCUT2D eigenvalue weighted by atomic mass is 19.4. The number of benzene rings is 3. The van der Waals surface area contributed by atoms with Crippen LogP contribution in [0, 0.1) is 0 Å². The van der Waals surface area contributed by atoms with Crippen molar-refractivity contribution in [1.82, 2.24) is 9.97 Å². The second-order valence-electron chi connectivity index (χ2n) is 5.75. The first-order valence-electron chi connectivity index (χ1n) is 7.89. The van der Waals surface area contributed by atoms with Gasteiger partial charge in [0.2, 0.25) is 0 Å². The molecule has 1 aromatic heterocycles. The van der Waals surface area contributed by atoms with Crippen LogP contribution >= 0.6 is 0 Å². The molecule has 26 heavy (non-hydrogen) atoms. The normalized spacial score (nSPS) is 11.7. The van der Waals surface area contributed by atoms with Crippen LogP contribution in [0.2, 0.25) is 0 Å². The molecule has 4 rings (SSSR count). The molecule has 0 unspecified atom stereocenters. The minimum Gasteiger partial charge on any atom is -0.457 e. The van der Waals surface area contributed by atoms with Crippen LogP contribution in [0.1, 0.15) is 5.56 Å². The van der Waals surface area contributed by atoms with E-state index in [-0.39, 0.29) is 0 Å². The monoisotopic (exact) mass is 354 g/mol. The van der Waals surface area contributed by atoms with E-state index in [0.29, 0.717) is 11.5 Å². The molecule has 0 saturated heterocycles. The maximum Gasteiger partial charge on any atom is 0.416 e. The van der Waals surface area contributed by atoms with Crippen molar-refractivity contribution in [2.45, 2.75) is 6.18 Å². The Bertz CT molecular complexity index is 1000. The summed E-state index contributed by atoms with van der Waals surface area (Å²) in [4.78, 5) is 7.77. The number of alkyl halides is 3. The van der Waals surface area contributed by atoms with Gasteiger partial charge in [0.1, 0.15) is 17.3 Å². The zero-order valence-electron chi connectivity index (χ0n) is 13.4. The Labute approximate surface area is 147 Å².